The maximum Gasteiger partial charge on any atom is 0.297 e. The zero-order valence-electron chi connectivity index (χ0n) is 11.5. The van der Waals surface area contributed by atoms with Gasteiger partial charge in [0.2, 0.25) is 0 Å². The van der Waals surface area contributed by atoms with Crippen LogP contribution >= 0.6 is 0 Å². The molecular formula is C14H22O3S. The fourth-order valence-electron chi connectivity index (χ4n) is 1.68. The van der Waals surface area contributed by atoms with Gasteiger partial charge in [0.15, 0.2) is 0 Å². The molecule has 0 aliphatic rings. The third-order valence-corrected chi connectivity index (χ3v) is 4.13. The molecule has 0 saturated heterocycles. The lowest BCUT2D eigenvalue weighted by molar-refractivity contribution is 0.0845. The van der Waals surface area contributed by atoms with Crippen molar-refractivity contribution in [3.05, 3.63) is 30.3 Å². The third-order valence-electron chi connectivity index (χ3n) is 2.79. The van der Waals surface area contributed by atoms with E-state index in [4.69, 9.17) is 4.18 Å². The standard InChI is InChI=1S/C14H22O3S/c1-5-9-13(14(2,3)4)17-18(15,16)12-10-7-6-8-11-12/h6-8,10-11,13H,5,9H2,1-4H3. The van der Waals surface area contributed by atoms with Gasteiger partial charge in [-0.05, 0) is 24.0 Å². The second-order valence-corrected chi connectivity index (χ2v) is 7.08. The van der Waals surface area contributed by atoms with Crippen LogP contribution in [0.4, 0.5) is 0 Å². The zero-order chi connectivity index (χ0) is 13.8. The third kappa shape index (κ3) is 4.10. The Morgan fingerprint density at radius 3 is 2.17 bits per heavy atom. The van der Waals surface area contributed by atoms with E-state index in [0.717, 1.165) is 12.8 Å². The highest BCUT2D eigenvalue weighted by Crippen LogP contribution is 2.29. The summed E-state index contributed by atoms with van der Waals surface area (Å²) in [6.07, 6.45) is 1.33. The molecule has 4 heteroatoms. The molecule has 0 saturated carbocycles. The van der Waals surface area contributed by atoms with Gasteiger partial charge >= 0.3 is 0 Å². The lowest BCUT2D eigenvalue weighted by Crippen LogP contribution is -2.31. The van der Waals surface area contributed by atoms with Crippen LogP contribution in [0.15, 0.2) is 35.2 Å². The number of hydrogen-bond acceptors (Lipinski definition) is 3. The van der Waals surface area contributed by atoms with Crippen molar-refractivity contribution in [2.45, 2.75) is 51.5 Å². The Kier molecular flexibility index (Phi) is 4.93. The van der Waals surface area contributed by atoms with Crippen LogP contribution in [0.5, 0.6) is 0 Å². The molecular weight excluding hydrogens is 248 g/mol. The molecule has 3 nitrogen and oxygen atoms in total. The van der Waals surface area contributed by atoms with Crippen LogP contribution < -0.4 is 0 Å². The van der Waals surface area contributed by atoms with E-state index >= 15 is 0 Å². The van der Waals surface area contributed by atoms with Gasteiger partial charge in [0.05, 0.1) is 11.0 Å². The van der Waals surface area contributed by atoms with Gasteiger partial charge in [-0.3, -0.25) is 4.18 Å². The molecule has 102 valence electrons. The van der Waals surface area contributed by atoms with E-state index in [1.54, 1.807) is 30.3 Å². The maximum absolute atomic E-state index is 12.1. The Hall–Kier alpha value is -0.870. The fourth-order valence-corrected chi connectivity index (χ4v) is 2.98. The molecule has 0 bridgehead atoms. The summed E-state index contributed by atoms with van der Waals surface area (Å²) in [7, 11) is -3.66. The lowest BCUT2D eigenvalue weighted by atomic mass is 9.87. The van der Waals surface area contributed by atoms with Crippen LogP contribution in [0.25, 0.3) is 0 Å². The van der Waals surface area contributed by atoms with Crippen molar-refractivity contribution in [2.75, 3.05) is 0 Å². The molecule has 0 fully saturated rings. The molecule has 0 spiro atoms. The topological polar surface area (TPSA) is 43.4 Å². The van der Waals surface area contributed by atoms with Crippen molar-refractivity contribution in [3.8, 4) is 0 Å². The van der Waals surface area contributed by atoms with E-state index in [0.29, 0.717) is 0 Å². The number of hydrogen-bond donors (Lipinski definition) is 0. The van der Waals surface area contributed by atoms with Crippen LogP contribution in [0.1, 0.15) is 40.5 Å². The summed E-state index contributed by atoms with van der Waals surface area (Å²) in [5, 5.41) is 0. The van der Waals surface area contributed by atoms with Crippen molar-refractivity contribution in [1.29, 1.82) is 0 Å². The first-order chi connectivity index (χ1) is 8.27. The minimum absolute atomic E-state index is 0.197. The predicted octanol–water partition coefficient (Wildman–Crippen LogP) is 3.61. The largest absolute Gasteiger partial charge is 0.297 e. The number of benzene rings is 1. The highest BCUT2D eigenvalue weighted by Gasteiger charge is 2.30. The summed E-state index contributed by atoms with van der Waals surface area (Å²) >= 11 is 0. The quantitative estimate of drug-likeness (QED) is 0.768. The maximum atomic E-state index is 12.1. The molecule has 0 radical (unpaired) electrons. The first-order valence-corrected chi connectivity index (χ1v) is 7.66. The van der Waals surface area contributed by atoms with Crippen LogP contribution in [-0.4, -0.2) is 14.5 Å². The van der Waals surface area contributed by atoms with Gasteiger partial charge in [-0.25, -0.2) is 0 Å². The molecule has 0 heterocycles. The Balaban J connectivity index is 2.94. The molecule has 1 rings (SSSR count). The van der Waals surface area contributed by atoms with Crippen molar-refractivity contribution in [2.24, 2.45) is 5.41 Å². The van der Waals surface area contributed by atoms with Gasteiger partial charge in [0.25, 0.3) is 10.1 Å². The zero-order valence-corrected chi connectivity index (χ0v) is 12.3. The Morgan fingerprint density at radius 1 is 1.17 bits per heavy atom. The van der Waals surface area contributed by atoms with E-state index in [1.165, 1.54) is 0 Å². The molecule has 0 aromatic heterocycles. The van der Waals surface area contributed by atoms with Crippen molar-refractivity contribution in [3.63, 3.8) is 0 Å². The van der Waals surface area contributed by atoms with Crippen LogP contribution in [0.3, 0.4) is 0 Å². The average Bonchev–Trinajstić information content (AvgIpc) is 2.28. The first kappa shape index (κ1) is 15.2. The summed E-state index contributed by atoms with van der Waals surface area (Å²) in [4.78, 5) is 0.218. The van der Waals surface area contributed by atoms with Gasteiger partial charge in [-0.1, -0.05) is 52.3 Å². The van der Waals surface area contributed by atoms with E-state index < -0.39 is 10.1 Å². The Morgan fingerprint density at radius 2 is 1.72 bits per heavy atom. The molecule has 1 unspecified atom stereocenters. The summed E-state index contributed by atoms with van der Waals surface area (Å²) < 4.78 is 29.7. The molecule has 1 aromatic carbocycles. The summed E-state index contributed by atoms with van der Waals surface area (Å²) in [6, 6.07) is 8.29. The van der Waals surface area contributed by atoms with E-state index in [1.807, 2.05) is 27.7 Å². The highest BCUT2D eigenvalue weighted by molar-refractivity contribution is 7.86. The van der Waals surface area contributed by atoms with Crippen molar-refractivity contribution < 1.29 is 12.6 Å². The SMILES string of the molecule is CCCC(OS(=O)(=O)c1ccccc1)C(C)(C)C. The van der Waals surface area contributed by atoms with Gasteiger partial charge in [0.1, 0.15) is 0 Å². The minimum Gasteiger partial charge on any atom is -0.262 e. The lowest BCUT2D eigenvalue weighted by Gasteiger charge is -2.29. The van der Waals surface area contributed by atoms with Gasteiger partial charge in [0, 0.05) is 0 Å². The summed E-state index contributed by atoms with van der Waals surface area (Å²) in [5.74, 6) is 0. The summed E-state index contributed by atoms with van der Waals surface area (Å²) in [6.45, 7) is 8.01. The molecule has 0 aliphatic heterocycles. The van der Waals surface area contributed by atoms with E-state index in [2.05, 4.69) is 0 Å². The predicted molar refractivity (Wildman–Crippen MR) is 72.9 cm³/mol. The average molecular weight is 270 g/mol. The number of rotatable bonds is 5. The second-order valence-electron chi connectivity index (χ2n) is 5.51. The first-order valence-electron chi connectivity index (χ1n) is 6.25. The molecule has 0 aliphatic carbocycles. The normalized spacial score (nSPS) is 14.4. The fraction of sp³-hybridized carbons (Fsp3) is 0.571. The highest BCUT2D eigenvalue weighted by atomic mass is 32.2. The molecule has 18 heavy (non-hydrogen) atoms. The van der Waals surface area contributed by atoms with Gasteiger partial charge < -0.3 is 0 Å². The van der Waals surface area contributed by atoms with Crippen LogP contribution in [-0.2, 0) is 14.3 Å². The monoisotopic (exact) mass is 270 g/mol. The molecule has 1 atom stereocenters. The van der Waals surface area contributed by atoms with Gasteiger partial charge in [-0.2, -0.15) is 8.42 Å². The smallest absolute Gasteiger partial charge is 0.262 e. The summed E-state index contributed by atoms with van der Waals surface area (Å²) in [5.41, 5.74) is -0.197. The Bertz CT molecular complexity index is 458. The van der Waals surface area contributed by atoms with E-state index in [-0.39, 0.29) is 16.4 Å². The van der Waals surface area contributed by atoms with Gasteiger partial charge in [-0.15, -0.1) is 0 Å². The molecule has 0 amide bonds. The van der Waals surface area contributed by atoms with Crippen LogP contribution in [0.2, 0.25) is 0 Å². The van der Waals surface area contributed by atoms with Crippen LogP contribution in [0, 0.1) is 5.41 Å². The van der Waals surface area contributed by atoms with Crippen molar-refractivity contribution >= 4 is 10.1 Å². The van der Waals surface area contributed by atoms with E-state index in [9.17, 15) is 8.42 Å². The van der Waals surface area contributed by atoms with Crippen molar-refractivity contribution in [1.82, 2.24) is 0 Å². The second kappa shape index (κ2) is 5.85. The Labute approximate surface area is 110 Å². The molecule has 1 aromatic rings. The minimum atomic E-state index is -3.66. The molecule has 0 N–H and O–H groups in total.